The number of carbonyl (C=O) groups excluding carboxylic acids is 1. The van der Waals surface area contributed by atoms with Crippen LogP contribution in [0.5, 0.6) is 11.5 Å². The third-order valence-corrected chi connectivity index (χ3v) is 4.75. The summed E-state index contributed by atoms with van der Waals surface area (Å²) < 4.78 is 12.1. The van der Waals surface area contributed by atoms with Crippen LogP contribution in [0.4, 0.5) is 5.69 Å². The lowest BCUT2D eigenvalue weighted by Gasteiger charge is -2.19. The molecule has 3 aromatic rings. The van der Waals surface area contributed by atoms with Crippen LogP contribution in [0.3, 0.4) is 0 Å². The number of halogens is 1. The van der Waals surface area contributed by atoms with Crippen LogP contribution in [0, 0.1) is 6.92 Å². The molecule has 0 saturated heterocycles. The van der Waals surface area contributed by atoms with Gasteiger partial charge >= 0.3 is 5.97 Å². The molecule has 0 atom stereocenters. The molecule has 0 aliphatic rings. The number of anilines is 1. The van der Waals surface area contributed by atoms with Gasteiger partial charge in [0, 0.05) is 27.5 Å². The van der Waals surface area contributed by atoms with E-state index in [0.717, 1.165) is 26.5 Å². The maximum absolute atomic E-state index is 13.0. The Hall–Kier alpha value is -2.79. The minimum atomic E-state index is -0.459. The van der Waals surface area contributed by atoms with Crippen molar-refractivity contribution < 1.29 is 14.3 Å². The van der Waals surface area contributed by atoms with E-state index in [1.807, 2.05) is 43.3 Å². The summed E-state index contributed by atoms with van der Waals surface area (Å²) in [6, 6.07) is 14.9. The van der Waals surface area contributed by atoms with Crippen molar-refractivity contribution in [2.45, 2.75) is 6.92 Å². The zero-order valence-electron chi connectivity index (χ0n) is 15.2. The van der Waals surface area contributed by atoms with E-state index in [1.54, 1.807) is 25.3 Å². The lowest BCUT2D eigenvalue weighted by Crippen LogP contribution is -2.14. The third-order valence-electron chi connectivity index (χ3n) is 4.26. The number of hydrogen-bond acceptors (Lipinski definition) is 4. The molecule has 0 saturated carbocycles. The topological polar surface area (TPSA) is 47.6 Å². The summed E-state index contributed by atoms with van der Waals surface area (Å²) in [5, 5.41) is 5.13. The second-order valence-corrected chi connectivity index (χ2v) is 6.89. The van der Waals surface area contributed by atoms with Crippen LogP contribution in [0.15, 0.2) is 65.7 Å². The molecule has 27 heavy (non-hydrogen) atoms. The molecule has 0 aliphatic carbocycles. The van der Waals surface area contributed by atoms with Gasteiger partial charge in [0.15, 0.2) is 0 Å². The molecule has 0 spiro atoms. The first-order valence-corrected chi connectivity index (χ1v) is 9.28. The van der Waals surface area contributed by atoms with Crippen LogP contribution in [-0.4, -0.2) is 19.6 Å². The van der Waals surface area contributed by atoms with Gasteiger partial charge in [0.25, 0.3) is 0 Å². The number of nitrogens with one attached hydrogen (secondary N) is 1. The fraction of sp³-hybridized carbons (Fsp3) is 0.136. The fourth-order valence-electron chi connectivity index (χ4n) is 3.06. The number of fused-ring (bicyclic) bond motifs is 1. The SMILES string of the molecule is C=CCNc1c(C)c(C(=O)Oc2ccccc2)c(OC)c2cc(Br)ccc12. The van der Waals surface area contributed by atoms with E-state index in [4.69, 9.17) is 9.47 Å². The minimum Gasteiger partial charge on any atom is -0.495 e. The Morgan fingerprint density at radius 2 is 1.93 bits per heavy atom. The Kier molecular flexibility index (Phi) is 5.81. The molecule has 0 aliphatic heterocycles. The fourth-order valence-corrected chi connectivity index (χ4v) is 3.42. The summed E-state index contributed by atoms with van der Waals surface area (Å²) in [7, 11) is 1.56. The van der Waals surface area contributed by atoms with Gasteiger partial charge in [-0.05, 0) is 36.8 Å². The lowest BCUT2D eigenvalue weighted by atomic mass is 9.97. The summed E-state index contributed by atoms with van der Waals surface area (Å²) >= 11 is 3.50. The van der Waals surface area contributed by atoms with Crippen LogP contribution < -0.4 is 14.8 Å². The van der Waals surface area contributed by atoms with E-state index in [2.05, 4.69) is 27.8 Å². The van der Waals surface area contributed by atoms with Gasteiger partial charge in [-0.15, -0.1) is 6.58 Å². The molecule has 4 nitrogen and oxygen atoms in total. The van der Waals surface area contributed by atoms with Crippen molar-refractivity contribution in [3.8, 4) is 11.5 Å². The molecular formula is C22H20BrNO3. The van der Waals surface area contributed by atoms with Crippen LogP contribution >= 0.6 is 15.9 Å². The molecule has 0 bridgehead atoms. The highest BCUT2D eigenvalue weighted by molar-refractivity contribution is 9.10. The van der Waals surface area contributed by atoms with E-state index in [-0.39, 0.29) is 0 Å². The van der Waals surface area contributed by atoms with Crippen molar-refractivity contribution in [1.82, 2.24) is 0 Å². The van der Waals surface area contributed by atoms with Crippen LogP contribution in [0.2, 0.25) is 0 Å². The van der Waals surface area contributed by atoms with Crippen LogP contribution in [0.25, 0.3) is 10.8 Å². The molecular weight excluding hydrogens is 406 g/mol. The van der Waals surface area contributed by atoms with Gasteiger partial charge in [-0.3, -0.25) is 0 Å². The molecule has 0 unspecified atom stereocenters. The second kappa shape index (κ2) is 8.27. The number of rotatable bonds is 6. The number of para-hydroxylation sites is 1. The number of benzene rings is 3. The van der Waals surface area contributed by atoms with Gasteiger partial charge in [0.05, 0.1) is 7.11 Å². The van der Waals surface area contributed by atoms with E-state index >= 15 is 0 Å². The Balaban J connectivity index is 2.22. The van der Waals surface area contributed by atoms with E-state index in [9.17, 15) is 4.79 Å². The summed E-state index contributed by atoms with van der Waals surface area (Å²) in [4.78, 5) is 13.0. The van der Waals surface area contributed by atoms with Gasteiger partial charge in [-0.25, -0.2) is 4.79 Å². The zero-order valence-corrected chi connectivity index (χ0v) is 16.8. The average molecular weight is 426 g/mol. The van der Waals surface area contributed by atoms with Crippen molar-refractivity contribution in [2.75, 3.05) is 19.0 Å². The number of carbonyl (C=O) groups is 1. The molecule has 0 fully saturated rings. The van der Waals surface area contributed by atoms with Crippen molar-refractivity contribution in [3.63, 3.8) is 0 Å². The van der Waals surface area contributed by atoms with Gasteiger partial charge < -0.3 is 14.8 Å². The quantitative estimate of drug-likeness (QED) is 0.310. The predicted octanol–water partition coefficient (Wildman–Crippen LogP) is 5.74. The van der Waals surface area contributed by atoms with E-state index in [1.165, 1.54) is 0 Å². The smallest absolute Gasteiger partial charge is 0.347 e. The predicted molar refractivity (Wildman–Crippen MR) is 113 cm³/mol. The number of esters is 1. The first kappa shape index (κ1) is 19.0. The summed E-state index contributed by atoms with van der Waals surface area (Å²) in [6.45, 7) is 6.22. The summed E-state index contributed by atoms with van der Waals surface area (Å²) in [6.07, 6.45) is 1.77. The average Bonchev–Trinajstić information content (AvgIpc) is 2.67. The maximum atomic E-state index is 13.0. The van der Waals surface area contributed by atoms with Gasteiger partial charge in [0.1, 0.15) is 17.1 Å². The Bertz CT molecular complexity index is 1000. The van der Waals surface area contributed by atoms with Crippen LogP contribution in [0.1, 0.15) is 15.9 Å². The number of ether oxygens (including phenoxy) is 2. The van der Waals surface area contributed by atoms with E-state index < -0.39 is 5.97 Å². The second-order valence-electron chi connectivity index (χ2n) is 5.97. The van der Waals surface area contributed by atoms with Gasteiger partial charge in [-0.1, -0.05) is 46.3 Å². The van der Waals surface area contributed by atoms with E-state index in [0.29, 0.717) is 23.6 Å². The molecule has 0 radical (unpaired) electrons. The largest absolute Gasteiger partial charge is 0.495 e. The molecule has 1 N–H and O–H groups in total. The van der Waals surface area contributed by atoms with Gasteiger partial charge in [0.2, 0.25) is 0 Å². The molecule has 0 aromatic heterocycles. The van der Waals surface area contributed by atoms with Crippen molar-refractivity contribution in [3.05, 3.63) is 76.8 Å². The molecule has 5 heteroatoms. The highest BCUT2D eigenvalue weighted by atomic mass is 79.9. The van der Waals surface area contributed by atoms with Crippen molar-refractivity contribution in [1.29, 1.82) is 0 Å². The minimum absolute atomic E-state index is 0.401. The Morgan fingerprint density at radius 1 is 1.19 bits per heavy atom. The first-order valence-electron chi connectivity index (χ1n) is 8.48. The Labute approximate surface area is 166 Å². The van der Waals surface area contributed by atoms with Crippen LogP contribution in [-0.2, 0) is 0 Å². The highest BCUT2D eigenvalue weighted by Crippen LogP contribution is 2.40. The zero-order chi connectivity index (χ0) is 19.4. The molecule has 0 amide bonds. The highest BCUT2D eigenvalue weighted by Gasteiger charge is 2.24. The summed E-state index contributed by atoms with van der Waals surface area (Å²) in [5.41, 5.74) is 2.03. The Morgan fingerprint density at radius 3 is 2.59 bits per heavy atom. The third kappa shape index (κ3) is 3.83. The standard InChI is InChI=1S/C22H20BrNO3/c1-4-12-24-20-14(2)19(22(25)27-16-8-6-5-7-9-16)21(26-3)18-13-15(23)10-11-17(18)20/h4-11,13,24H,1,12H2,2-3H3. The lowest BCUT2D eigenvalue weighted by molar-refractivity contribution is 0.0731. The summed E-state index contributed by atoms with van der Waals surface area (Å²) in [5.74, 6) is 0.520. The first-order chi connectivity index (χ1) is 13.1. The molecule has 138 valence electrons. The normalized spacial score (nSPS) is 10.5. The monoisotopic (exact) mass is 425 g/mol. The van der Waals surface area contributed by atoms with Crippen molar-refractivity contribution >= 4 is 38.4 Å². The molecule has 0 heterocycles. The number of methoxy groups -OCH3 is 1. The van der Waals surface area contributed by atoms with Crippen molar-refractivity contribution in [2.24, 2.45) is 0 Å². The number of hydrogen-bond donors (Lipinski definition) is 1. The maximum Gasteiger partial charge on any atom is 0.347 e. The van der Waals surface area contributed by atoms with Gasteiger partial charge in [-0.2, -0.15) is 0 Å². The molecule has 3 aromatic carbocycles. The molecule has 3 rings (SSSR count).